The molecule has 0 bridgehead atoms. The molecule has 94 valence electrons. The van der Waals surface area contributed by atoms with Gasteiger partial charge in [-0.3, -0.25) is 9.78 Å². The number of carbonyl (C=O) groups is 1. The van der Waals surface area contributed by atoms with E-state index in [9.17, 15) is 4.79 Å². The number of likely N-dealkylation sites (N-methyl/N-ethyl adjacent to an activating group) is 1. The first-order valence-corrected chi connectivity index (χ1v) is 6.10. The molecule has 0 saturated heterocycles. The summed E-state index contributed by atoms with van der Waals surface area (Å²) in [6.07, 6.45) is 3.53. The van der Waals surface area contributed by atoms with Crippen LogP contribution in [0.5, 0.6) is 0 Å². The fourth-order valence-electron chi connectivity index (χ4n) is 1.70. The first kappa shape index (κ1) is 13.6. The van der Waals surface area contributed by atoms with Gasteiger partial charge in [-0.15, -0.1) is 0 Å². The lowest BCUT2D eigenvalue weighted by atomic mass is 10.1. The summed E-state index contributed by atoms with van der Waals surface area (Å²) >= 11 is 0. The summed E-state index contributed by atoms with van der Waals surface area (Å²) in [4.78, 5) is 17.6. The zero-order chi connectivity index (χ0) is 12.7. The molecule has 4 heteroatoms. The molecular weight excluding hydrogens is 214 g/mol. The fourth-order valence-corrected chi connectivity index (χ4v) is 1.70. The van der Waals surface area contributed by atoms with Gasteiger partial charge in [-0.25, -0.2) is 0 Å². The maximum absolute atomic E-state index is 11.8. The molecule has 0 aliphatic carbocycles. The molecule has 1 aromatic heterocycles. The van der Waals surface area contributed by atoms with E-state index in [1.54, 1.807) is 12.4 Å². The van der Waals surface area contributed by atoms with Gasteiger partial charge < -0.3 is 10.2 Å². The SMILES string of the molecule is CCN(CC)C(=O)CN[C@H](C)c1ccncc1. The number of hydrogen-bond donors (Lipinski definition) is 1. The minimum atomic E-state index is 0.149. The molecule has 0 radical (unpaired) electrons. The third kappa shape index (κ3) is 4.15. The summed E-state index contributed by atoms with van der Waals surface area (Å²) in [5, 5.41) is 3.23. The number of hydrogen-bond acceptors (Lipinski definition) is 3. The highest BCUT2D eigenvalue weighted by Gasteiger charge is 2.11. The Kier molecular flexibility index (Phi) is 5.63. The van der Waals surface area contributed by atoms with E-state index in [2.05, 4.69) is 10.3 Å². The van der Waals surface area contributed by atoms with E-state index in [1.807, 2.05) is 37.8 Å². The Balaban J connectivity index is 2.43. The maximum atomic E-state index is 11.8. The molecule has 4 nitrogen and oxygen atoms in total. The standard InChI is InChI=1S/C13H21N3O/c1-4-16(5-2)13(17)10-15-11(3)12-6-8-14-9-7-12/h6-9,11,15H,4-5,10H2,1-3H3/t11-/m1/s1. The van der Waals surface area contributed by atoms with Gasteiger partial charge in [-0.05, 0) is 38.5 Å². The van der Waals surface area contributed by atoms with Gasteiger partial charge in [-0.2, -0.15) is 0 Å². The van der Waals surface area contributed by atoms with E-state index >= 15 is 0 Å². The van der Waals surface area contributed by atoms with E-state index < -0.39 is 0 Å². The molecule has 0 spiro atoms. The van der Waals surface area contributed by atoms with Crippen LogP contribution in [-0.4, -0.2) is 35.4 Å². The van der Waals surface area contributed by atoms with Crippen LogP contribution in [0, 0.1) is 0 Å². The lowest BCUT2D eigenvalue weighted by Gasteiger charge is -2.20. The molecular formula is C13H21N3O. The third-order valence-electron chi connectivity index (χ3n) is 2.88. The molecule has 17 heavy (non-hydrogen) atoms. The van der Waals surface area contributed by atoms with Gasteiger partial charge >= 0.3 is 0 Å². The van der Waals surface area contributed by atoms with Gasteiger partial charge in [0.1, 0.15) is 0 Å². The molecule has 1 amide bonds. The highest BCUT2D eigenvalue weighted by Crippen LogP contribution is 2.09. The molecule has 0 fully saturated rings. The van der Waals surface area contributed by atoms with Crippen molar-refractivity contribution in [2.45, 2.75) is 26.8 Å². The molecule has 1 heterocycles. The van der Waals surface area contributed by atoms with Crippen molar-refractivity contribution in [1.29, 1.82) is 0 Å². The van der Waals surface area contributed by atoms with Gasteiger partial charge in [-0.1, -0.05) is 0 Å². The summed E-state index contributed by atoms with van der Waals surface area (Å²) in [5.41, 5.74) is 1.15. The quantitative estimate of drug-likeness (QED) is 0.814. The third-order valence-corrected chi connectivity index (χ3v) is 2.88. The summed E-state index contributed by atoms with van der Waals surface area (Å²) in [7, 11) is 0. The molecule has 1 rings (SSSR count). The fraction of sp³-hybridized carbons (Fsp3) is 0.538. The molecule has 0 unspecified atom stereocenters. The van der Waals surface area contributed by atoms with Gasteiger partial charge in [0.05, 0.1) is 6.54 Å². The maximum Gasteiger partial charge on any atom is 0.236 e. The van der Waals surface area contributed by atoms with Crippen molar-refractivity contribution in [2.75, 3.05) is 19.6 Å². The van der Waals surface area contributed by atoms with Crippen LogP contribution in [0.4, 0.5) is 0 Å². The molecule has 0 aliphatic rings. The van der Waals surface area contributed by atoms with Crippen molar-refractivity contribution >= 4 is 5.91 Å². The second kappa shape index (κ2) is 7.01. The minimum Gasteiger partial charge on any atom is -0.342 e. The van der Waals surface area contributed by atoms with E-state index in [4.69, 9.17) is 0 Å². The van der Waals surface area contributed by atoms with Crippen LogP contribution in [-0.2, 0) is 4.79 Å². The Morgan fingerprint density at radius 3 is 2.47 bits per heavy atom. The van der Waals surface area contributed by atoms with E-state index in [1.165, 1.54) is 0 Å². The van der Waals surface area contributed by atoms with Gasteiger partial charge in [0.15, 0.2) is 0 Å². The Labute approximate surface area is 103 Å². The van der Waals surface area contributed by atoms with E-state index in [0.717, 1.165) is 18.7 Å². The number of rotatable bonds is 6. The van der Waals surface area contributed by atoms with Crippen LogP contribution in [0.2, 0.25) is 0 Å². The van der Waals surface area contributed by atoms with Crippen LogP contribution in [0.25, 0.3) is 0 Å². The summed E-state index contributed by atoms with van der Waals surface area (Å²) in [6, 6.07) is 4.08. The van der Waals surface area contributed by atoms with Crippen molar-refractivity contribution in [1.82, 2.24) is 15.2 Å². The molecule has 0 aromatic carbocycles. The Hall–Kier alpha value is -1.42. The average Bonchev–Trinajstić information content (AvgIpc) is 2.38. The van der Waals surface area contributed by atoms with Gasteiger partial charge in [0, 0.05) is 31.5 Å². The predicted molar refractivity (Wildman–Crippen MR) is 68.6 cm³/mol. The lowest BCUT2D eigenvalue weighted by Crippen LogP contribution is -2.38. The first-order valence-electron chi connectivity index (χ1n) is 6.10. The zero-order valence-corrected chi connectivity index (χ0v) is 10.8. The van der Waals surface area contributed by atoms with E-state index in [-0.39, 0.29) is 11.9 Å². The number of amides is 1. The average molecular weight is 235 g/mol. The Bertz CT molecular complexity index is 336. The summed E-state index contributed by atoms with van der Waals surface area (Å²) in [5.74, 6) is 0.149. The highest BCUT2D eigenvalue weighted by molar-refractivity contribution is 5.78. The number of nitrogens with one attached hydrogen (secondary N) is 1. The number of pyridine rings is 1. The van der Waals surface area contributed by atoms with Crippen molar-refractivity contribution < 1.29 is 4.79 Å². The van der Waals surface area contributed by atoms with Gasteiger partial charge in [0.2, 0.25) is 5.91 Å². The molecule has 0 saturated carbocycles. The second-order valence-corrected chi connectivity index (χ2v) is 3.95. The largest absolute Gasteiger partial charge is 0.342 e. The molecule has 0 aliphatic heterocycles. The van der Waals surface area contributed by atoms with Crippen molar-refractivity contribution in [2.24, 2.45) is 0 Å². The Morgan fingerprint density at radius 1 is 1.35 bits per heavy atom. The van der Waals surface area contributed by atoms with E-state index in [0.29, 0.717) is 6.54 Å². The van der Waals surface area contributed by atoms with Gasteiger partial charge in [0.25, 0.3) is 0 Å². The normalized spacial score (nSPS) is 12.2. The summed E-state index contributed by atoms with van der Waals surface area (Å²) in [6.45, 7) is 7.94. The van der Waals surface area contributed by atoms with Crippen molar-refractivity contribution in [3.8, 4) is 0 Å². The van der Waals surface area contributed by atoms with Crippen molar-refractivity contribution in [3.63, 3.8) is 0 Å². The summed E-state index contributed by atoms with van der Waals surface area (Å²) < 4.78 is 0. The Morgan fingerprint density at radius 2 is 1.94 bits per heavy atom. The minimum absolute atomic E-state index is 0.149. The molecule has 1 aromatic rings. The van der Waals surface area contributed by atoms with Crippen LogP contribution in [0.15, 0.2) is 24.5 Å². The van der Waals surface area contributed by atoms with Crippen LogP contribution >= 0.6 is 0 Å². The first-order chi connectivity index (χ1) is 8.19. The monoisotopic (exact) mass is 235 g/mol. The van der Waals surface area contributed by atoms with Crippen LogP contribution in [0.1, 0.15) is 32.4 Å². The number of aromatic nitrogens is 1. The van der Waals surface area contributed by atoms with Crippen LogP contribution < -0.4 is 5.32 Å². The lowest BCUT2D eigenvalue weighted by molar-refractivity contribution is -0.129. The topological polar surface area (TPSA) is 45.2 Å². The number of carbonyl (C=O) groups excluding carboxylic acids is 1. The highest BCUT2D eigenvalue weighted by atomic mass is 16.2. The predicted octanol–water partition coefficient (Wildman–Crippen LogP) is 1.60. The van der Waals surface area contributed by atoms with Crippen molar-refractivity contribution in [3.05, 3.63) is 30.1 Å². The zero-order valence-electron chi connectivity index (χ0n) is 10.8. The van der Waals surface area contributed by atoms with Crippen LogP contribution in [0.3, 0.4) is 0 Å². The molecule has 1 N–H and O–H groups in total. The smallest absolute Gasteiger partial charge is 0.236 e. The second-order valence-electron chi connectivity index (χ2n) is 3.95. The number of nitrogens with zero attached hydrogens (tertiary/aromatic N) is 2. The molecule has 1 atom stereocenters.